The van der Waals surface area contributed by atoms with Crippen molar-refractivity contribution in [2.24, 2.45) is 0 Å². The zero-order valence-electron chi connectivity index (χ0n) is 4.93. The lowest BCUT2D eigenvalue weighted by Crippen LogP contribution is -2.04. The van der Waals surface area contributed by atoms with Crippen LogP contribution in [0, 0.1) is 12.7 Å². The van der Waals surface area contributed by atoms with Gasteiger partial charge in [0.25, 0.3) is 0 Å². The van der Waals surface area contributed by atoms with Gasteiger partial charge in [-0.2, -0.15) is 0 Å². The van der Waals surface area contributed by atoms with E-state index in [1.165, 1.54) is 13.1 Å². The van der Waals surface area contributed by atoms with Crippen molar-refractivity contribution < 1.29 is 9.50 Å². The Labute approximate surface area is 51.5 Å². The summed E-state index contributed by atoms with van der Waals surface area (Å²) in [5.41, 5.74) is 0.343. The van der Waals surface area contributed by atoms with Crippen molar-refractivity contribution in [1.29, 1.82) is 0 Å². The average Bonchev–Trinajstić information content (AvgIpc) is 1.98. The summed E-state index contributed by atoms with van der Waals surface area (Å²) in [6.45, 7) is 1.53. The number of aromatic hydroxyl groups is 1. The van der Waals surface area contributed by atoms with Crippen LogP contribution in [0.4, 0.5) is 4.39 Å². The molecule has 1 aromatic heterocycles. The lowest BCUT2D eigenvalue weighted by molar-refractivity contribution is 0.402. The summed E-state index contributed by atoms with van der Waals surface area (Å²) in [5.74, 6) is 3.89. The predicted molar refractivity (Wildman–Crippen MR) is 30.9 cm³/mol. The summed E-state index contributed by atoms with van der Waals surface area (Å²) in [5, 5.41) is 8.69. The molecule has 50 valence electrons. The third-order valence-electron chi connectivity index (χ3n) is 1.12. The number of nitrogens with zero attached hydrogens (tertiary/aromatic N) is 1. The van der Waals surface area contributed by atoms with Gasteiger partial charge in [-0.3, -0.25) is 0 Å². The van der Waals surface area contributed by atoms with E-state index in [0.29, 0.717) is 5.56 Å². The van der Waals surface area contributed by atoms with Crippen LogP contribution in [-0.4, -0.2) is 9.78 Å². The van der Waals surface area contributed by atoms with Gasteiger partial charge in [-0.05, 0) is 6.92 Å². The Morgan fingerprint density at radius 2 is 2.33 bits per heavy atom. The van der Waals surface area contributed by atoms with Gasteiger partial charge in [0.1, 0.15) is 0 Å². The first kappa shape index (κ1) is 5.94. The van der Waals surface area contributed by atoms with Crippen molar-refractivity contribution in [3.8, 4) is 5.88 Å². The third kappa shape index (κ3) is 0.718. The molecule has 0 atom stereocenters. The number of hydrogen-bond acceptors (Lipinski definition) is 2. The fourth-order valence-corrected chi connectivity index (χ4v) is 0.616. The fourth-order valence-electron chi connectivity index (χ4n) is 0.616. The Morgan fingerprint density at radius 1 is 1.78 bits per heavy atom. The van der Waals surface area contributed by atoms with E-state index in [1.54, 1.807) is 0 Å². The third-order valence-corrected chi connectivity index (χ3v) is 1.12. The van der Waals surface area contributed by atoms with Crippen LogP contribution in [0.15, 0.2) is 6.20 Å². The first-order valence-corrected chi connectivity index (χ1v) is 2.44. The second-order valence-corrected chi connectivity index (χ2v) is 1.86. The van der Waals surface area contributed by atoms with Crippen LogP contribution < -0.4 is 5.84 Å². The molecule has 0 unspecified atom stereocenters. The highest BCUT2D eigenvalue weighted by molar-refractivity contribution is 5.23. The van der Waals surface area contributed by atoms with Gasteiger partial charge in [0, 0.05) is 11.8 Å². The summed E-state index contributed by atoms with van der Waals surface area (Å²) < 4.78 is 13.2. The molecule has 4 heteroatoms. The molecule has 1 rings (SSSR count). The maximum absolute atomic E-state index is 12.4. The molecule has 0 bridgehead atoms. The normalized spacial score (nSPS) is 10.0. The van der Waals surface area contributed by atoms with Gasteiger partial charge in [-0.25, -0.2) is 9.07 Å². The Balaban J connectivity index is 3.29. The van der Waals surface area contributed by atoms with E-state index in [0.717, 1.165) is 4.68 Å². The Hall–Kier alpha value is -1.19. The Bertz CT molecular complexity index is 209. The largest absolute Gasteiger partial charge is 0.491 e. The first-order chi connectivity index (χ1) is 4.13. The van der Waals surface area contributed by atoms with E-state index >= 15 is 0 Å². The number of aromatic nitrogens is 1. The second kappa shape index (κ2) is 1.65. The molecular weight excluding hydrogens is 123 g/mol. The molecule has 0 radical (unpaired) electrons. The number of nitrogen functional groups attached to an aromatic ring is 1. The van der Waals surface area contributed by atoms with Gasteiger partial charge < -0.3 is 10.9 Å². The SMILES string of the molecule is Cc1cn(N)c(O)c1F. The van der Waals surface area contributed by atoms with E-state index in [9.17, 15) is 4.39 Å². The average molecular weight is 130 g/mol. The van der Waals surface area contributed by atoms with Gasteiger partial charge in [-0.1, -0.05) is 0 Å². The van der Waals surface area contributed by atoms with Crippen LogP contribution in [0.25, 0.3) is 0 Å². The molecule has 0 spiro atoms. The van der Waals surface area contributed by atoms with Crippen molar-refractivity contribution in [3.05, 3.63) is 17.6 Å². The minimum absolute atomic E-state index is 0.343. The monoisotopic (exact) mass is 130 g/mol. The van der Waals surface area contributed by atoms with E-state index < -0.39 is 11.7 Å². The molecule has 0 aliphatic heterocycles. The zero-order chi connectivity index (χ0) is 7.02. The minimum Gasteiger partial charge on any atom is -0.491 e. The number of halogens is 1. The lowest BCUT2D eigenvalue weighted by Gasteiger charge is -1.90. The van der Waals surface area contributed by atoms with Crippen molar-refractivity contribution in [2.75, 3.05) is 5.84 Å². The van der Waals surface area contributed by atoms with E-state index in [-0.39, 0.29) is 0 Å². The van der Waals surface area contributed by atoms with Crippen molar-refractivity contribution in [1.82, 2.24) is 4.68 Å². The quantitative estimate of drug-likeness (QED) is 0.498. The number of hydrogen-bond donors (Lipinski definition) is 2. The predicted octanol–water partition coefficient (Wildman–Crippen LogP) is 0.355. The molecule has 0 aromatic carbocycles. The molecule has 3 nitrogen and oxygen atoms in total. The fraction of sp³-hybridized carbons (Fsp3) is 0.200. The van der Waals surface area contributed by atoms with Crippen LogP contribution >= 0.6 is 0 Å². The molecule has 0 saturated carbocycles. The summed E-state index contributed by atoms with van der Waals surface area (Å²) in [7, 11) is 0. The smallest absolute Gasteiger partial charge is 0.247 e. The van der Waals surface area contributed by atoms with Crippen LogP contribution in [0.5, 0.6) is 5.88 Å². The summed E-state index contributed by atoms with van der Waals surface area (Å²) in [4.78, 5) is 0. The lowest BCUT2D eigenvalue weighted by atomic mass is 10.4. The standard InChI is InChI=1S/C5H7FN2O/c1-3-2-8(7)5(9)4(3)6/h2,9H,7H2,1H3. The minimum atomic E-state index is -0.655. The number of nitrogens with two attached hydrogens (primary N) is 1. The van der Waals surface area contributed by atoms with Crippen LogP contribution in [0.2, 0.25) is 0 Å². The number of rotatable bonds is 0. The molecule has 3 N–H and O–H groups in total. The molecule has 1 heterocycles. The van der Waals surface area contributed by atoms with Crippen molar-refractivity contribution in [2.45, 2.75) is 6.92 Å². The molecule has 9 heavy (non-hydrogen) atoms. The topological polar surface area (TPSA) is 51.2 Å². The molecule has 0 aliphatic carbocycles. The summed E-state index contributed by atoms with van der Waals surface area (Å²) >= 11 is 0. The Morgan fingerprint density at radius 3 is 2.44 bits per heavy atom. The maximum Gasteiger partial charge on any atom is 0.247 e. The highest BCUT2D eigenvalue weighted by Gasteiger charge is 2.08. The van der Waals surface area contributed by atoms with E-state index in [2.05, 4.69) is 0 Å². The first-order valence-electron chi connectivity index (χ1n) is 2.44. The van der Waals surface area contributed by atoms with Crippen molar-refractivity contribution in [3.63, 3.8) is 0 Å². The van der Waals surface area contributed by atoms with E-state index in [4.69, 9.17) is 10.9 Å². The molecular formula is C5H7FN2O. The van der Waals surface area contributed by atoms with Crippen LogP contribution in [0.1, 0.15) is 5.56 Å². The number of aryl methyl sites for hydroxylation is 1. The zero-order valence-corrected chi connectivity index (χ0v) is 4.93. The Kier molecular flexibility index (Phi) is 1.09. The van der Waals surface area contributed by atoms with Crippen molar-refractivity contribution >= 4 is 0 Å². The van der Waals surface area contributed by atoms with Gasteiger partial charge >= 0.3 is 0 Å². The summed E-state index contributed by atoms with van der Waals surface area (Å²) in [6, 6.07) is 0. The molecule has 0 fully saturated rings. The van der Waals surface area contributed by atoms with Gasteiger partial charge in [0.05, 0.1) is 0 Å². The molecule has 0 aliphatic rings. The molecule has 1 aromatic rings. The van der Waals surface area contributed by atoms with Gasteiger partial charge in [0.2, 0.25) is 5.88 Å². The molecule has 0 saturated heterocycles. The highest BCUT2D eigenvalue weighted by atomic mass is 19.1. The van der Waals surface area contributed by atoms with Crippen LogP contribution in [-0.2, 0) is 0 Å². The van der Waals surface area contributed by atoms with Gasteiger partial charge in [-0.15, -0.1) is 0 Å². The van der Waals surface area contributed by atoms with Crippen LogP contribution in [0.3, 0.4) is 0 Å². The van der Waals surface area contributed by atoms with E-state index in [1.807, 2.05) is 0 Å². The molecule has 0 amide bonds. The van der Waals surface area contributed by atoms with Gasteiger partial charge in [0.15, 0.2) is 5.82 Å². The summed E-state index contributed by atoms with van der Waals surface area (Å²) in [6.07, 6.45) is 1.31. The highest BCUT2D eigenvalue weighted by Crippen LogP contribution is 2.17. The maximum atomic E-state index is 12.4. The second-order valence-electron chi connectivity index (χ2n) is 1.86.